The molecule has 0 radical (unpaired) electrons. The van der Waals surface area contributed by atoms with Crippen molar-refractivity contribution in [2.24, 2.45) is 7.05 Å². The number of aromatic nitrogens is 1. The molecule has 0 aliphatic carbocycles. The summed E-state index contributed by atoms with van der Waals surface area (Å²) < 4.78 is 44.1. The number of sulfonamides is 1. The van der Waals surface area contributed by atoms with Crippen LogP contribution in [0.15, 0.2) is 35.4 Å². The van der Waals surface area contributed by atoms with Crippen molar-refractivity contribution >= 4 is 21.7 Å². The second-order valence-electron chi connectivity index (χ2n) is 5.07. The molecular weight excluding hydrogens is 348 g/mol. The average molecular weight is 368 g/mol. The molecule has 2 aromatic rings. The fraction of sp³-hybridized carbons (Fsp3) is 0.312. The molecule has 0 fully saturated rings. The largest absolute Gasteiger partial charge is 0.493 e. The second-order valence-corrected chi connectivity index (χ2v) is 6.75. The second kappa shape index (κ2) is 7.47. The molecule has 9 heteroatoms. The van der Waals surface area contributed by atoms with Crippen molar-refractivity contribution < 1.29 is 27.4 Å². The number of aryl methyl sites for hydroxylation is 1. The Labute approximate surface area is 146 Å². The Morgan fingerprint density at radius 2 is 1.84 bits per heavy atom. The lowest BCUT2D eigenvalue weighted by Crippen LogP contribution is -2.12. The molecule has 0 aliphatic rings. The van der Waals surface area contributed by atoms with Crippen molar-refractivity contribution in [3.8, 4) is 11.5 Å². The Bertz CT molecular complexity index is 873. The maximum absolute atomic E-state index is 12.6. The van der Waals surface area contributed by atoms with Gasteiger partial charge in [-0.1, -0.05) is 0 Å². The quantitative estimate of drug-likeness (QED) is 0.751. The van der Waals surface area contributed by atoms with Crippen LogP contribution in [-0.2, 0) is 21.8 Å². The van der Waals surface area contributed by atoms with Gasteiger partial charge in [0.15, 0.2) is 11.5 Å². The number of nitrogens with zero attached hydrogens (tertiary/aromatic N) is 1. The van der Waals surface area contributed by atoms with Crippen LogP contribution < -0.4 is 14.2 Å². The van der Waals surface area contributed by atoms with E-state index in [1.54, 1.807) is 26.1 Å². The van der Waals surface area contributed by atoms with Gasteiger partial charge < -0.3 is 18.8 Å². The van der Waals surface area contributed by atoms with Crippen LogP contribution in [0.2, 0.25) is 0 Å². The van der Waals surface area contributed by atoms with E-state index in [0.717, 1.165) is 0 Å². The third kappa shape index (κ3) is 4.05. The Morgan fingerprint density at radius 3 is 2.44 bits per heavy atom. The number of hydrogen-bond acceptors (Lipinski definition) is 6. The smallest absolute Gasteiger partial charge is 0.354 e. The molecule has 0 saturated carbocycles. The van der Waals surface area contributed by atoms with Crippen molar-refractivity contribution in [3.05, 3.63) is 36.2 Å². The Hall–Kier alpha value is -2.68. The molecule has 25 heavy (non-hydrogen) atoms. The van der Waals surface area contributed by atoms with Crippen LogP contribution in [0, 0.1) is 0 Å². The highest BCUT2D eigenvalue weighted by atomic mass is 32.2. The number of hydrogen-bond donors (Lipinski definition) is 1. The molecule has 2 rings (SSSR count). The van der Waals surface area contributed by atoms with Crippen LogP contribution in [-0.4, -0.2) is 39.8 Å². The molecule has 8 nitrogen and oxygen atoms in total. The van der Waals surface area contributed by atoms with Crippen molar-refractivity contribution in [1.82, 2.24) is 4.57 Å². The minimum Gasteiger partial charge on any atom is -0.493 e. The van der Waals surface area contributed by atoms with E-state index in [2.05, 4.69) is 4.72 Å². The van der Waals surface area contributed by atoms with Gasteiger partial charge in [0, 0.05) is 19.3 Å². The molecule has 0 unspecified atom stereocenters. The third-order valence-corrected chi connectivity index (χ3v) is 4.76. The normalized spacial score (nSPS) is 11.0. The molecule has 1 aromatic carbocycles. The Balaban J connectivity index is 2.31. The van der Waals surface area contributed by atoms with Gasteiger partial charge in [0.05, 0.1) is 26.5 Å². The zero-order valence-electron chi connectivity index (χ0n) is 14.4. The molecule has 0 saturated heterocycles. The molecule has 0 bridgehead atoms. The van der Waals surface area contributed by atoms with Crippen LogP contribution >= 0.6 is 0 Å². The fourth-order valence-electron chi connectivity index (χ4n) is 2.20. The number of anilines is 1. The first kappa shape index (κ1) is 18.7. The van der Waals surface area contributed by atoms with Gasteiger partial charge in [0.25, 0.3) is 10.0 Å². The van der Waals surface area contributed by atoms with Crippen LogP contribution in [0.1, 0.15) is 17.4 Å². The summed E-state index contributed by atoms with van der Waals surface area (Å²) in [6.45, 7) is 1.88. The van der Waals surface area contributed by atoms with Crippen LogP contribution in [0.25, 0.3) is 0 Å². The van der Waals surface area contributed by atoms with E-state index in [1.165, 1.54) is 37.1 Å². The summed E-state index contributed by atoms with van der Waals surface area (Å²) in [6.07, 6.45) is 1.34. The van der Waals surface area contributed by atoms with Gasteiger partial charge in [0.1, 0.15) is 10.6 Å². The first-order valence-electron chi connectivity index (χ1n) is 7.40. The number of carbonyl (C=O) groups is 1. The van der Waals surface area contributed by atoms with Gasteiger partial charge in [-0.2, -0.15) is 0 Å². The molecule has 0 atom stereocenters. The maximum atomic E-state index is 12.6. The minimum atomic E-state index is -3.88. The average Bonchev–Trinajstić information content (AvgIpc) is 2.97. The number of esters is 1. The van der Waals surface area contributed by atoms with E-state index in [1.807, 2.05) is 0 Å². The molecule has 0 amide bonds. The van der Waals surface area contributed by atoms with Crippen LogP contribution in [0.3, 0.4) is 0 Å². The molecule has 136 valence electrons. The first-order chi connectivity index (χ1) is 11.8. The summed E-state index contributed by atoms with van der Waals surface area (Å²) in [7, 11) is 0.634. The molecule has 1 N–H and O–H groups in total. The predicted molar refractivity (Wildman–Crippen MR) is 91.7 cm³/mol. The Morgan fingerprint density at radius 1 is 1.16 bits per heavy atom. The molecule has 0 aliphatic heterocycles. The number of benzene rings is 1. The van der Waals surface area contributed by atoms with E-state index >= 15 is 0 Å². The van der Waals surface area contributed by atoms with Gasteiger partial charge in [-0.15, -0.1) is 0 Å². The highest BCUT2D eigenvalue weighted by molar-refractivity contribution is 7.92. The summed E-state index contributed by atoms with van der Waals surface area (Å²) in [5.74, 6) is 0.287. The molecule has 1 heterocycles. The monoisotopic (exact) mass is 368 g/mol. The zero-order valence-corrected chi connectivity index (χ0v) is 15.2. The SMILES string of the molecule is CCOC(=O)c1cc(S(=O)(=O)Nc2ccc(OC)c(OC)c2)cn1C. The van der Waals surface area contributed by atoms with Crippen LogP contribution in [0.4, 0.5) is 5.69 Å². The summed E-state index contributed by atoms with van der Waals surface area (Å²) in [5.41, 5.74) is 0.453. The minimum absolute atomic E-state index is 0.0483. The lowest BCUT2D eigenvalue weighted by Gasteiger charge is -2.11. The number of methoxy groups -OCH3 is 2. The molecular formula is C16H20N2O6S. The summed E-state index contributed by atoms with van der Waals surface area (Å²) in [6, 6.07) is 5.91. The van der Waals surface area contributed by atoms with Crippen molar-refractivity contribution in [2.45, 2.75) is 11.8 Å². The third-order valence-electron chi connectivity index (χ3n) is 3.41. The maximum Gasteiger partial charge on any atom is 0.354 e. The predicted octanol–water partition coefficient (Wildman–Crippen LogP) is 2.02. The van der Waals surface area contributed by atoms with E-state index < -0.39 is 16.0 Å². The van der Waals surface area contributed by atoms with Gasteiger partial charge in [-0.3, -0.25) is 4.72 Å². The number of ether oxygens (including phenoxy) is 3. The van der Waals surface area contributed by atoms with Gasteiger partial charge in [-0.25, -0.2) is 13.2 Å². The van der Waals surface area contributed by atoms with E-state index in [4.69, 9.17) is 14.2 Å². The lowest BCUT2D eigenvalue weighted by molar-refractivity contribution is 0.0515. The summed E-state index contributed by atoms with van der Waals surface area (Å²) >= 11 is 0. The van der Waals surface area contributed by atoms with E-state index in [0.29, 0.717) is 17.2 Å². The number of nitrogens with one attached hydrogen (secondary N) is 1. The zero-order chi connectivity index (χ0) is 18.6. The highest BCUT2D eigenvalue weighted by Gasteiger charge is 2.21. The van der Waals surface area contributed by atoms with Crippen molar-refractivity contribution in [1.29, 1.82) is 0 Å². The van der Waals surface area contributed by atoms with E-state index in [9.17, 15) is 13.2 Å². The molecule has 0 spiro atoms. The van der Waals surface area contributed by atoms with Crippen molar-refractivity contribution in [3.63, 3.8) is 0 Å². The summed E-state index contributed by atoms with van der Waals surface area (Å²) in [5, 5.41) is 0. The molecule has 1 aromatic heterocycles. The van der Waals surface area contributed by atoms with Crippen LogP contribution in [0.5, 0.6) is 11.5 Å². The van der Waals surface area contributed by atoms with E-state index in [-0.39, 0.29) is 17.2 Å². The Kier molecular flexibility index (Phi) is 5.58. The van der Waals surface area contributed by atoms with Gasteiger partial charge in [0.2, 0.25) is 0 Å². The van der Waals surface area contributed by atoms with Crippen molar-refractivity contribution in [2.75, 3.05) is 25.5 Å². The highest BCUT2D eigenvalue weighted by Crippen LogP contribution is 2.30. The van der Waals surface area contributed by atoms with Gasteiger partial charge in [-0.05, 0) is 25.1 Å². The standard InChI is InChI=1S/C16H20N2O6S/c1-5-24-16(19)13-9-12(10-18(13)2)25(20,21)17-11-6-7-14(22-3)15(8-11)23-4/h6-10,17H,5H2,1-4H3. The fourth-order valence-corrected chi connectivity index (χ4v) is 3.32. The lowest BCUT2D eigenvalue weighted by atomic mass is 10.3. The first-order valence-corrected chi connectivity index (χ1v) is 8.89. The topological polar surface area (TPSA) is 95.9 Å². The summed E-state index contributed by atoms with van der Waals surface area (Å²) in [4.78, 5) is 11.8. The van der Waals surface area contributed by atoms with Gasteiger partial charge >= 0.3 is 5.97 Å². The number of rotatable bonds is 7. The number of carbonyl (C=O) groups excluding carboxylic acids is 1.